The summed E-state index contributed by atoms with van der Waals surface area (Å²) in [6.07, 6.45) is 1.29. The van der Waals surface area contributed by atoms with Gasteiger partial charge in [0.2, 0.25) is 0 Å². The topological polar surface area (TPSA) is 41.1 Å². The molecule has 0 amide bonds. The van der Waals surface area contributed by atoms with Crippen LogP contribution < -0.4 is 10.6 Å². The quantitative estimate of drug-likeness (QED) is 0.688. The van der Waals surface area contributed by atoms with Gasteiger partial charge in [0.05, 0.1) is 5.82 Å². The Balaban J connectivity index is 2.22. The maximum atomic E-state index is 10.7. The lowest BCUT2D eigenvalue weighted by Gasteiger charge is -2.31. The van der Waals surface area contributed by atoms with E-state index in [4.69, 9.17) is 0 Å². The van der Waals surface area contributed by atoms with Gasteiger partial charge in [-0.1, -0.05) is 6.58 Å². The van der Waals surface area contributed by atoms with Gasteiger partial charge in [-0.3, -0.25) is 4.79 Å². The highest BCUT2D eigenvalue weighted by molar-refractivity contribution is 5.85. The summed E-state index contributed by atoms with van der Waals surface area (Å²) >= 11 is 0. The van der Waals surface area contributed by atoms with E-state index in [-0.39, 0.29) is 5.54 Å². The van der Waals surface area contributed by atoms with E-state index in [1.807, 2.05) is 0 Å². The van der Waals surface area contributed by atoms with Crippen molar-refractivity contribution in [1.29, 1.82) is 0 Å². The third-order valence-electron chi connectivity index (χ3n) is 1.85. The standard InChI is InChI=1S/C10H18N2O/c1-7(12-10(2,3)4)11-8-5-9(13)6-8/h8,11-12H,1,5-6H2,2-4H3. The molecular formula is C10H18N2O. The summed E-state index contributed by atoms with van der Waals surface area (Å²) in [6.45, 7) is 10.1. The van der Waals surface area contributed by atoms with Crippen LogP contribution in [0, 0.1) is 0 Å². The smallest absolute Gasteiger partial charge is 0.137 e. The summed E-state index contributed by atoms with van der Waals surface area (Å²) in [6, 6.07) is 0.301. The van der Waals surface area contributed by atoms with Gasteiger partial charge in [0.15, 0.2) is 0 Å². The second-order valence-corrected chi connectivity index (χ2v) is 4.64. The first-order chi connectivity index (χ1) is 5.87. The molecule has 0 unspecified atom stereocenters. The molecule has 1 saturated carbocycles. The lowest BCUT2D eigenvalue weighted by molar-refractivity contribution is -0.125. The average Bonchev–Trinajstić information content (AvgIpc) is 1.79. The van der Waals surface area contributed by atoms with Gasteiger partial charge in [-0.05, 0) is 20.8 Å². The van der Waals surface area contributed by atoms with E-state index < -0.39 is 0 Å². The number of hydrogen-bond donors (Lipinski definition) is 2. The zero-order valence-electron chi connectivity index (χ0n) is 8.61. The minimum absolute atomic E-state index is 0.0256. The molecule has 0 atom stereocenters. The van der Waals surface area contributed by atoms with Gasteiger partial charge < -0.3 is 10.6 Å². The van der Waals surface area contributed by atoms with Crippen molar-refractivity contribution in [3.8, 4) is 0 Å². The Morgan fingerprint density at radius 2 is 2.00 bits per heavy atom. The van der Waals surface area contributed by atoms with Gasteiger partial charge in [0, 0.05) is 24.4 Å². The third-order valence-corrected chi connectivity index (χ3v) is 1.85. The Hall–Kier alpha value is -0.990. The first-order valence-corrected chi connectivity index (χ1v) is 4.62. The lowest BCUT2D eigenvalue weighted by atomic mass is 9.91. The van der Waals surface area contributed by atoms with E-state index >= 15 is 0 Å². The van der Waals surface area contributed by atoms with Crippen molar-refractivity contribution in [1.82, 2.24) is 10.6 Å². The fraction of sp³-hybridized carbons (Fsp3) is 0.700. The summed E-state index contributed by atoms with van der Waals surface area (Å²) in [5.41, 5.74) is 0.0256. The minimum Gasteiger partial charge on any atom is -0.369 e. The third kappa shape index (κ3) is 3.49. The van der Waals surface area contributed by atoms with Crippen LogP contribution in [0.2, 0.25) is 0 Å². The highest BCUT2D eigenvalue weighted by Gasteiger charge is 2.26. The number of Topliss-reactive ketones (excluding diaryl/α,β-unsaturated/α-hetero) is 1. The van der Waals surface area contributed by atoms with Gasteiger partial charge in [-0.25, -0.2) is 0 Å². The maximum Gasteiger partial charge on any atom is 0.137 e. The normalized spacial score (nSPS) is 17.9. The van der Waals surface area contributed by atoms with E-state index in [0.29, 0.717) is 24.7 Å². The zero-order valence-corrected chi connectivity index (χ0v) is 8.61. The highest BCUT2D eigenvalue weighted by atomic mass is 16.1. The van der Waals surface area contributed by atoms with Crippen molar-refractivity contribution in [2.75, 3.05) is 0 Å². The molecule has 0 bridgehead atoms. The van der Waals surface area contributed by atoms with Crippen molar-refractivity contribution < 1.29 is 4.79 Å². The van der Waals surface area contributed by atoms with E-state index in [0.717, 1.165) is 5.82 Å². The fourth-order valence-electron chi connectivity index (χ4n) is 1.33. The summed E-state index contributed by atoms with van der Waals surface area (Å²) in [7, 11) is 0. The van der Waals surface area contributed by atoms with E-state index in [2.05, 4.69) is 38.0 Å². The average molecular weight is 182 g/mol. The van der Waals surface area contributed by atoms with Gasteiger partial charge in [-0.2, -0.15) is 0 Å². The summed E-state index contributed by atoms with van der Waals surface area (Å²) in [5, 5.41) is 6.39. The molecule has 3 nitrogen and oxygen atoms in total. The van der Waals surface area contributed by atoms with Crippen molar-refractivity contribution >= 4 is 5.78 Å². The first-order valence-electron chi connectivity index (χ1n) is 4.62. The lowest BCUT2D eigenvalue weighted by Crippen LogP contribution is -2.47. The number of ketones is 1. The van der Waals surface area contributed by atoms with Crippen molar-refractivity contribution in [3.63, 3.8) is 0 Å². The molecule has 0 radical (unpaired) electrons. The van der Waals surface area contributed by atoms with Gasteiger partial charge in [0.1, 0.15) is 5.78 Å². The number of hydrogen-bond acceptors (Lipinski definition) is 3. The largest absolute Gasteiger partial charge is 0.369 e. The highest BCUT2D eigenvalue weighted by Crippen LogP contribution is 2.15. The molecule has 0 aromatic heterocycles. The Morgan fingerprint density at radius 1 is 1.46 bits per heavy atom. The zero-order chi connectivity index (χ0) is 10.1. The van der Waals surface area contributed by atoms with E-state index in [9.17, 15) is 4.79 Å². The van der Waals surface area contributed by atoms with Crippen LogP contribution in [0.1, 0.15) is 33.6 Å². The summed E-state index contributed by atoms with van der Waals surface area (Å²) in [5.74, 6) is 1.14. The van der Waals surface area contributed by atoms with Crippen molar-refractivity contribution in [3.05, 3.63) is 12.4 Å². The van der Waals surface area contributed by atoms with Crippen molar-refractivity contribution in [2.45, 2.75) is 45.2 Å². The number of carbonyl (C=O) groups is 1. The molecule has 0 aliphatic heterocycles. The van der Waals surface area contributed by atoms with E-state index in [1.54, 1.807) is 0 Å². The van der Waals surface area contributed by atoms with E-state index in [1.165, 1.54) is 0 Å². The monoisotopic (exact) mass is 182 g/mol. The molecule has 0 saturated heterocycles. The maximum absolute atomic E-state index is 10.7. The molecule has 74 valence electrons. The van der Waals surface area contributed by atoms with Crippen LogP contribution in [0.4, 0.5) is 0 Å². The summed E-state index contributed by atoms with van der Waals surface area (Å²) < 4.78 is 0. The van der Waals surface area contributed by atoms with Crippen LogP contribution in [0.5, 0.6) is 0 Å². The van der Waals surface area contributed by atoms with Gasteiger partial charge >= 0.3 is 0 Å². The Bertz CT molecular complexity index is 220. The van der Waals surface area contributed by atoms with Crippen molar-refractivity contribution in [2.24, 2.45) is 0 Å². The van der Waals surface area contributed by atoms with Crippen LogP contribution in [-0.2, 0) is 4.79 Å². The Kier molecular flexibility index (Phi) is 2.64. The second kappa shape index (κ2) is 3.40. The van der Waals surface area contributed by atoms with Crippen LogP contribution in [-0.4, -0.2) is 17.4 Å². The molecule has 1 aliphatic carbocycles. The Morgan fingerprint density at radius 3 is 2.38 bits per heavy atom. The van der Waals surface area contributed by atoms with Gasteiger partial charge in [0.25, 0.3) is 0 Å². The molecule has 1 rings (SSSR count). The number of rotatable bonds is 3. The molecule has 1 fully saturated rings. The SMILES string of the molecule is C=C(NC1CC(=O)C1)NC(C)(C)C. The molecule has 0 spiro atoms. The molecular weight excluding hydrogens is 164 g/mol. The predicted octanol–water partition coefficient (Wildman–Crippen LogP) is 1.17. The minimum atomic E-state index is 0.0256. The molecule has 13 heavy (non-hydrogen) atoms. The first kappa shape index (κ1) is 10.1. The predicted molar refractivity (Wildman–Crippen MR) is 53.2 cm³/mol. The van der Waals surface area contributed by atoms with Gasteiger partial charge in [-0.15, -0.1) is 0 Å². The molecule has 0 aromatic rings. The van der Waals surface area contributed by atoms with Crippen LogP contribution in [0.15, 0.2) is 12.4 Å². The van der Waals surface area contributed by atoms with Crippen LogP contribution in [0.25, 0.3) is 0 Å². The summed E-state index contributed by atoms with van der Waals surface area (Å²) in [4.78, 5) is 10.7. The Labute approximate surface area is 79.6 Å². The number of carbonyl (C=O) groups excluding carboxylic acids is 1. The number of nitrogens with one attached hydrogen (secondary N) is 2. The molecule has 0 aromatic carbocycles. The molecule has 0 heterocycles. The van der Waals surface area contributed by atoms with Crippen LogP contribution in [0.3, 0.4) is 0 Å². The molecule has 1 aliphatic rings. The van der Waals surface area contributed by atoms with Crippen LogP contribution >= 0.6 is 0 Å². The fourth-order valence-corrected chi connectivity index (χ4v) is 1.33. The second-order valence-electron chi connectivity index (χ2n) is 4.64. The molecule has 3 heteroatoms. The molecule has 2 N–H and O–H groups in total.